The Morgan fingerprint density at radius 2 is 2.07 bits per heavy atom. The van der Waals surface area contributed by atoms with Crippen LogP contribution < -0.4 is 5.73 Å². The molecule has 2 amide bonds. The zero-order chi connectivity index (χ0) is 20.0. The molecule has 8 nitrogen and oxygen atoms in total. The number of carbonyl (C=O) groups is 2. The molecule has 4 heterocycles. The summed E-state index contributed by atoms with van der Waals surface area (Å²) in [4.78, 5) is 32.4. The predicted octanol–water partition coefficient (Wildman–Crippen LogP) is 2.16. The van der Waals surface area contributed by atoms with Crippen molar-refractivity contribution in [3.05, 3.63) is 53.0 Å². The van der Waals surface area contributed by atoms with Crippen LogP contribution in [0, 0.1) is 0 Å². The van der Waals surface area contributed by atoms with Crippen LogP contribution in [0.3, 0.4) is 0 Å². The van der Waals surface area contributed by atoms with Crippen molar-refractivity contribution in [1.82, 2.24) is 24.9 Å². The van der Waals surface area contributed by atoms with E-state index in [-0.39, 0.29) is 18.4 Å². The number of para-hydroxylation sites is 1. The fraction of sp³-hybridized carbons (Fsp3) is 0.250. The van der Waals surface area contributed by atoms with Crippen LogP contribution in [0.2, 0.25) is 0 Å². The summed E-state index contributed by atoms with van der Waals surface area (Å²) in [6.07, 6.45) is 2.49. The van der Waals surface area contributed by atoms with E-state index in [1.165, 1.54) is 11.3 Å². The molecule has 3 aromatic heterocycles. The number of primary amides is 1. The first kappa shape index (κ1) is 17.7. The van der Waals surface area contributed by atoms with E-state index in [1.807, 2.05) is 41.3 Å². The molecule has 0 aliphatic carbocycles. The van der Waals surface area contributed by atoms with E-state index in [4.69, 9.17) is 5.73 Å². The normalized spacial score (nSPS) is 16.7. The second-order valence-corrected chi connectivity index (χ2v) is 8.13. The summed E-state index contributed by atoms with van der Waals surface area (Å²) >= 11 is 1.32. The van der Waals surface area contributed by atoms with Crippen molar-refractivity contribution in [3.63, 3.8) is 0 Å². The number of hydrogen-bond donors (Lipinski definition) is 1. The summed E-state index contributed by atoms with van der Waals surface area (Å²) in [5.74, 6) is -0.393. The Kier molecular flexibility index (Phi) is 4.24. The molecule has 4 aromatic rings. The fourth-order valence-electron chi connectivity index (χ4n) is 4.02. The number of benzene rings is 1. The Bertz CT molecular complexity index is 1250. The molecule has 9 heteroatoms. The highest BCUT2D eigenvalue weighted by Crippen LogP contribution is 2.39. The van der Waals surface area contributed by atoms with Crippen LogP contribution in [0.5, 0.6) is 0 Å². The van der Waals surface area contributed by atoms with Gasteiger partial charge in [-0.2, -0.15) is 0 Å². The average molecular weight is 406 g/mol. The van der Waals surface area contributed by atoms with E-state index in [9.17, 15) is 9.59 Å². The van der Waals surface area contributed by atoms with Crippen LogP contribution in [0.15, 0.2) is 42.6 Å². The fourth-order valence-corrected chi connectivity index (χ4v) is 5.11. The van der Waals surface area contributed by atoms with Crippen molar-refractivity contribution >= 4 is 44.4 Å². The van der Waals surface area contributed by atoms with E-state index in [2.05, 4.69) is 15.3 Å². The van der Waals surface area contributed by atoms with E-state index in [0.717, 1.165) is 33.2 Å². The first-order valence-electron chi connectivity index (χ1n) is 9.35. The summed E-state index contributed by atoms with van der Waals surface area (Å²) in [6, 6.07) is 11.4. The van der Waals surface area contributed by atoms with Crippen LogP contribution in [0.1, 0.15) is 27.6 Å². The number of carbonyl (C=O) groups excluding carboxylic acids is 2. The van der Waals surface area contributed by atoms with Crippen LogP contribution in [-0.4, -0.2) is 49.8 Å². The minimum atomic E-state index is -0.443. The van der Waals surface area contributed by atoms with Crippen molar-refractivity contribution < 1.29 is 9.59 Å². The van der Waals surface area contributed by atoms with Crippen molar-refractivity contribution in [2.24, 2.45) is 5.73 Å². The summed E-state index contributed by atoms with van der Waals surface area (Å²) < 4.78 is 1.63. The number of thiophene rings is 1. The lowest BCUT2D eigenvalue weighted by molar-refractivity contribution is -0.130. The van der Waals surface area contributed by atoms with Gasteiger partial charge < -0.3 is 10.6 Å². The van der Waals surface area contributed by atoms with Gasteiger partial charge in [-0.05, 0) is 30.2 Å². The zero-order valence-corrected chi connectivity index (χ0v) is 16.3. The molecule has 0 bridgehead atoms. The first-order chi connectivity index (χ1) is 14.1. The average Bonchev–Trinajstić information content (AvgIpc) is 3.44. The number of amides is 2. The predicted molar refractivity (Wildman–Crippen MR) is 110 cm³/mol. The van der Waals surface area contributed by atoms with Gasteiger partial charge in [-0.3, -0.25) is 9.59 Å². The van der Waals surface area contributed by atoms with Gasteiger partial charge in [-0.15, -0.1) is 16.4 Å². The Labute approximate surface area is 169 Å². The van der Waals surface area contributed by atoms with E-state index in [1.54, 1.807) is 10.9 Å². The molecule has 5 rings (SSSR count). The number of nitrogens with zero attached hydrogens (tertiary/aromatic N) is 5. The van der Waals surface area contributed by atoms with E-state index in [0.29, 0.717) is 18.0 Å². The zero-order valence-electron chi connectivity index (χ0n) is 15.5. The first-order valence-corrected chi connectivity index (χ1v) is 10.2. The molecule has 1 aliphatic heterocycles. The maximum Gasteiger partial charge on any atom is 0.259 e. The Hall–Kier alpha value is -3.33. The number of aromatic nitrogens is 4. The molecule has 1 aromatic carbocycles. The van der Waals surface area contributed by atoms with E-state index < -0.39 is 5.91 Å². The lowest BCUT2D eigenvalue weighted by Gasteiger charge is -2.17. The number of nitrogens with two attached hydrogens (primary N) is 1. The number of likely N-dealkylation sites (tertiary alicyclic amines) is 1. The largest absolute Gasteiger partial charge is 0.365 e. The van der Waals surface area contributed by atoms with Gasteiger partial charge in [0.1, 0.15) is 16.9 Å². The molecular formula is C20H18N6O2S. The third-order valence-electron chi connectivity index (χ3n) is 5.38. The highest BCUT2D eigenvalue weighted by atomic mass is 32.1. The van der Waals surface area contributed by atoms with Crippen LogP contribution in [0.25, 0.3) is 21.3 Å². The van der Waals surface area contributed by atoms with Crippen molar-refractivity contribution in [1.29, 1.82) is 0 Å². The molecule has 0 saturated carbocycles. The molecule has 1 aliphatic rings. The minimum Gasteiger partial charge on any atom is -0.365 e. The second-order valence-electron chi connectivity index (χ2n) is 7.13. The Morgan fingerprint density at radius 3 is 2.93 bits per heavy atom. The number of pyridine rings is 1. The number of fused-ring (bicyclic) bond motifs is 2. The molecule has 1 saturated heterocycles. The lowest BCUT2D eigenvalue weighted by atomic mass is 9.95. The van der Waals surface area contributed by atoms with Crippen molar-refractivity contribution in [3.8, 4) is 0 Å². The topological polar surface area (TPSA) is 107 Å². The highest BCUT2D eigenvalue weighted by molar-refractivity contribution is 7.20. The molecule has 146 valence electrons. The van der Waals surface area contributed by atoms with Gasteiger partial charge >= 0.3 is 0 Å². The van der Waals surface area contributed by atoms with Gasteiger partial charge in [-0.25, -0.2) is 9.67 Å². The summed E-state index contributed by atoms with van der Waals surface area (Å²) in [5, 5.41) is 9.16. The monoisotopic (exact) mass is 406 g/mol. The Morgan fingerprint density at radius 1 is 1.21 bits per heavy atom. The number of rotatable bonds is 4. The van der Waals surface area contributed by atoms with Crippen LogP contribution >= 0.6 is 11.3 Å². The summed E-state index contributed by atoms with van der Waals surface area (Å²) in [7, 11) is 0. The van der Waals surface area contributed by atoms with Gasteiger partial charge in [0.15, 0.2) is 0 Å². The van der Waals surface area contributed by atoms with Crippen LogP contribution in [0.4, 0.5) is 0 Å². The second kappa shape index (κ2) is 6.93. The summed E-state index contributed by atoms with van der Waals surface area (Å²) in [6.45, 7) is 1.32. The molecule has 0 radical (unpaired) electrons. The third-order valence-corrected chi connectivity index (χ3v) is 6.53. The van der Waals surface area contributed by atoms with Crippen LogP contribution in [-0.2, 0) is 11.3 Å². The molecular weight excluding hydrogens is 388 g/mol. The van der Waals surface area contributed by atoms with E-state index >= 15 is 0 Å². The number of hydrogen-bond acceptors (Lipinski definition) is 6. The molecule has 2 N–H and O–H groups in total. The maximum absolute atomic E-state index is 12.9. The smallest absolute Gasteiger partial charge is 0.259 e. The molecule has 0 spiro atoms. The molecule has 1 fully saturated rings. The Balaban J connectivity index is 1.39. The van der Waals surface area contributed by atoms with Crippen molar-refractivity contribution in [2.75, 3.05) is 13.1 Å². The SMILES string of the molecule is NC(=O)c1sc2ncccc2c1[C@H]1CCN(C(=O)Cn2nnc3ccccc32)C1. The van der Waals surface area contributed by atoms with Gasteiger partial charge in [0.25, 0.3) is 5.91 Å². The van der Waals surface area contributed by atoms with Gasteiger partial charge in [0, 0.05) is 30.6 Å². The molecule has 1 atom stereocenters. The summed E-state index contributed by atoms with van der Waals surface area (Å²) in [5.41, 5.74) is 8.15. The highest BCUT2D eigenvalue weighted by Gasteiger charge is 2.32. The van der Waals surface area contributed by atoms with Crippen molar-refractivity contribution in [2.45, 2.75) is 18.9 Å². The maximum atomic E-state index is 12.9. The van der Waals surface area contributed by atoms with Gasteiger partial charge in [0.2, 0.25) is 5.91 Å². The minimum absolute atomic E-state index is 0.0126. The van der Waals surface area contributed by atoms with Gasteiger partial charge in [-0.1, -0.05) is 23.4 Å². The quantitative estimate of drug-likeness (QED) is 0.559. The molecule has 29 heavy (non-hydrogen) atoms. The lowest BCUT2D eigenvalue weighted by Crippen LogP contribution is -2.32. The third kappa shape index (κ3) is 3.03. The standard InChI is InChI=1S/C20H18N6O2S/c21-19(28)18-17(13-4-3-8-22-20(13)29-18)12-7-9-25(10-12)16(27)11-26-15-6-2-1-5-14(15)23-24-26/h1-6,8,12H,7,9-11H2,(H2,21,28)/t12-/m0/s1. The molecule has 0 unspecified atom stereocenters. The van der Waals surface area contributed by atoms with Gasteiger partial charge in [0.05, 0.1) is 10.4 Å².